The number of carbonyl (C=O) groups excluding carboxylic acids is 1. The first-order chi connectivity index (χ1) is 8.65. The van der Waals surface area contributed by atoms with Crippen molar-refractivity contribution < 1.29 is 9.53 Å². The Morgan fingerprint density at radius 3 is 2.61 bits per heavy atom. The highest BCUT2D eigenvalue weighted by Crippen LogP contribution is 2.48. The lowest BCUT2D eigenvalue weighted by Gasteiger charge is -2.15. The zero-order valence-electron chi connectivity index (χ0n) is 10.7. The molecule has 0 aliphatic heterocycles. The van der Waals surface area contributed by atoms with Crippen LogP contribution in [-0.4, -0.2) is 26.2 Å². The SMILES string of the molecule is COCCC1(CNC(=O)c2ccc(N)cc2)CC1. The molecule has 98 valence electrons. The number of carbonyl (C=O) groups is 1. The Balaban J connectivity index is 1.83. The Kier molecular flexibility index (Phi) is 3.87. The summed E-state index contributed by atoms with van der Waals surface area (Å²) in [5.41, 5.74) is 7.20. The van der Waals surface area contributed by atoms with E-state index in [1.165, 1.54) is 12.8 Å². The molecule has 1 aromatic rings. The van der Waals surface area contributed by atoms with Crippen molar-refractivity contribution in [2.75, 3.05) is 26.0 Å². The molecule has 0 bridgehead atoms. The van der Waals surface area contributed by atoms with Crippen LogP contribution in [0.1, 0.15) is 29.6 Å². The van der Waals surface area contributed by atoms with E-state index in [0.29, 0.717) is 11.3 Å². The molecule has 1 fully saturated rings. The molecule has 1 amide bonds. The van der Waals surface area contributed by atoms with E-state index in [1.807, 2.05) is 0 Å². The van der Waals surface area contributed by atoms with Crippen LogP contribution in [0.3, 0.4) is 0 Å². The summed E-state index contributed by atoms with van der Waals surface area (Å²) < 4.78 is 5.10. The summed E-state index contributed by atoms with van der Waals surface area (Å²) >= 11 is 0. The smallest absolute Gasteiger partial charge is 0.251 e. The molecular weight excluding hydrogens is 228 g/mol. The molecule has 0 aromatic heterocycles. The van der Waals surface area contributed by atoms with Gasteiger partial charge < -0.3 is 15.8 Å². The molecule has 0 atom stereocenters. The molecule has 18 heavy (non-hydrogen) atoms. The van der Waals surface area contributed by atoms with Gasteiger partial charge >= 0.3 is 0 Å². The third kappa shape index (κ3) is 3.23. The van der Waals surface area contributed by atoms with Crippen LogP contribution in [0.15, 0.2) is 24.3 Å². The molecule has 3 N–H and O–H groups in total. The van der Waals surface area contributed by atoms with Crippen LogP contribution in [0, 0.1) is 5.41 Å². The number of nitrogens with one attached hydrogen (secondary N) is 1. The van der Waals surface area contributed by atoms with E-state index in [2.05, 4.69) is 5.32 Å². The minimum absolute atomic E-state index is 0.0290. The van der Waals surface area contributed by atoms with Gasteiger partial charge in [0.05, 0.1) is 0 Å². The maximum Gasteiger partial charge on any atom is 0.251 e. The molecular formula is C14H20N2O2. The van der Waals surface area contributed by atoms with Crippen molar-refractivity contribution in [1.82, 2.24) is 5.32 Å². The number of benzene rings is 1. The van der Waals surface area contributed by atoms with Crippen molar-refractivity contribution in [3.8, 4) is 0 Å². The predicted molar refractivity (Wildman–Crippen MR) is 71.3 cm³/mol. The van der Waals surface area contributed by atoms with Gasteiger partial charge in [0.15, 0.2) is 0 Å². The third-order valence-electron chi connectivity index (χ3n) is 3.59. The number of methoxy groups -OCH3 is 1. The summed E-state index contributed by atoms with van der Waals surface area (Å²) in [5.74, 6) is -0.0290. The Bertz CT molecular complexity index is 410. The highest BCUT2D eigenvalue weighted by molar-refractivity contribution is 5.94. The van der Waals surface area contributed by atoms with E-state index in [0.717, 1.165) is 19.6 Å². The van der Waals surface area contributed by atoms with Gasteiger partial charge in [-0.3, -0.25) is 4.79 Å². The van der Waals surface area contributed by atoms with Gasteiger partial charge in [-0.2, -0.15) is 0 Å². The number of rotatable bonds is 6. The number of hydrogen-bond acceptors (Lipinski definition) is 3. The number of anilines is 1. The molecule has 1 saturated carbocycles. The fraction of sp³-hybridized carbons (Fsp3) is 0.500. The Hall–Kier alpha value is -1.55. The first-order valence-electron chi connectivity index (χ1n) is 6.28. The van der Waals surface area contributed by atoms with E-state index in [1.54, 1.807) is 31.4 Å². The fourth-order valence-electron chi connectivity index (χ4n) is 2.01. The Labute approximate surface area is 108 Å². The van der Waals surface area contributed by atoms with Crippen LogP contribution in [-0.2, 0) is 4.74 Å². The summed E-state index contributed by atoms with van der Waals surface area (Å²) in [6.45, 7) is 1.50. The number of amides is 1. The lowest BCUT2D eigenvalue weighted by Crippen LogP contribution is -2.30. The van der Waals surface area contributed by atoms with Crippen molar-refractivity contribution in [2.24, 2.45) is 5.41 Å². The summed E-state index contributed by atoms with van der Waals surface area (Å²) in [6, 6.07) is 6.98. The van der Waals surface area contributed by atoms with Crippen molar-refractivity contribution in [1.29, 1.82) is 0 Å². The zero-order valence-corrected chi connectivity index (χ0v) is 10.7. The summed E-state index contributed by atoms with van der Waals surface area (Å²) in [5, 5.41) is 2.99. The average Bonchev–Trinajstić information content (AvgIpc) is 3.15. The van der Waals surface area contributed by atoms with E-state index >= 15 is 0 Å². The van der Waals surface area contributed by atoms with Crippen molar-refractivity contribution >= 4 is 11.6 Å². The van der Waals surface area contributed by atoms with Crippen molar-refractivity contribution in [2.45, 2.75) is 19.3 Å². The van der Waals surface area contributed by atoms with Gasteiger partial charge in [-0.1, -0.05) is 0 Å². The molecule has 1 aliphatic carbocycles. The molecule has 0 heterocycles. The van der Waals surface area contributed by atoms with Crippen LogP contribution < -0.4 is 11.1 Å². The summed E-state index contributed by atoms with van der Waals surface area (Å²) in [6.07, 6.45) is 3.38. The zero-order chi connectivity index (χ0) is 13.0. The topological polar surface area (TPSA) is 64.3 Å². The van der Waals surface area contributed by atoms with Gasteiger partial charge in [0.25, 0.3) is 5.91 Å². The molecule has 0 spiro atoms. The van der Waals surface area contributed by atoms with Gasteiger partial charge in [0, 0.05) is 31.5 Å². The first-order valence-corrected chi connectivity index (χ1v) is 6.28. The Morgan fingerprint density at radius 1 is 1.39 bits per heavy atom. The number of nitrogens with two attached hydrogens (primary N) is 1. The van der Waals surface area contributed by atoms with Crippen molar-refractivity contribution in [3.05, 3.63) is 29.8 Å². The third-order valence-corrected chi connectivity index (χ3v) is 3.59. The van der Waals surface area contributed by atoms with Crippen LogP contribution in [0.25, 0.3) is 0 Å². The van der Waals surface area contributed by atoms with Crippen LogP contribution in [0.4, 0.5) is 5.69 Å². The maximum absolute atomic E-state index is 11.9. The molecule has 0 radical (unpaired) electrons. The summed E-state index contributed by atoms with van der Waals surface area (Å²) in [7, 11) is 1.71. The normalized spacial score (nSPS) is 16.3. The monoisotopic (exact) mass is 248 g/mol. The second-order valence-electron chi connectivity index (χ2n) is 5.05. The quantitative estimate of drug-likeness (QED) is 0.755. The van der Waals surface area contributed by atoms with Gasteiger partial charge in [-0.05, 0) is 48.9 Å². The minimum Gasteiger partial charge on any atom is -0.399 e. The number of hydrogen-bond donors (Lipinski definition) is 2. The highest BCUT2D eigenvalue weighted by atomic mass is 16.5. The van der Waals surface area contributed by atoms with Gasteiger partial charge in [0.1, 0.15) is 0 Å². The Morgan fingerprint density at radius 2 is 2.06 bits per heavy atom. The van der Waals surface area contributed by atoms with E-state index < -0.39 is 0 Å². The molecule has 4 heteroatoms. The molecule has 2 rings (SSSR count). The van der Waals surface area contributed by atoms with Gasteiger partial charge in [-0.15, -0.1) is 0 Å². The summed E-state index contributed by atoms with van der Waals surface area (Å²) in [4.78, 5) is 11.9. The largest absolute Gasteiger partial charge is 0.399 e. The van der Waals surface area contributed by atoms with Gasteiger partial charge in [0.2, 0.25) is 0 Å². The second-order valence-corrected chi connectivity index (χ2v) is 5.05. The fourth-order valence-corrected chi connectivity index (χ4v) is 2.01. The highest BCUT2D eigenvalue weighted by Gasteiger charge is 2.42. The van der Waals surface area contributed by atoms with E-state index in [4.69, 9.17) is 10.5 Å². The molecule has 0 saturated heterocycles. The molecule has 4 nitrogen and oxygen atoms in total. The number of ether oxygens (including phenoxy) is 1. The molecule has 0 unspecified atom stereocenters. The maximum atomic E-state index is 11.9. The van der Waals surface area contributed by atoms with Crippen LogP contribution >= 0.6 is 0 Å². The van der Waals surface area contributed by atoms with Crippen LogP contribution in [0.5, 0.6) is 0 Å². The molecule has 1 aromatic carbocycles. The lowest BCUT2D eigenvalue weighted by molar-refractivity contribution is 0.0938. The van der Waals surface area contributed by atoms with E-state index in [9.17, 15) is 4.79 Å². The standard InChI is InChI=1S/C14H20N2O2/c1-18-9-8-14(6-7-14)10-16-13(17)11-2-4-12(15)5-3-11/h2-5H,6-10,15H2,1H3,(H,16,17). The second kappa shape index (κ2) is 5.40. The first kappa shape index (κ1) is 12.9. The van der Waals surface area contributed by atoms with Crippen molar-refractivity contribution in [3.63, 3.8) is 0 Å². The number of nitrogen functional groups attached to an aromatic ring is 1. The van der Waals surface area contributed by atoms with E-state index in [-0.39, 0.29) is 11.3 Å². The minimum atomic E-state index is -0.0290. The average molecular weight is 248 g/mol. The van der Waals surface area contributed by atoms with Gasteiger partial charge in [-0.25, -0.2) is 0 Å². The molecule has 1 aliphatic rings. The van der Waals surface area contributed by atoms with Crippen LogP contribution in [0.2, 0.25) is 0 Å². The predicted octanol–water partition coefficient (Wildman–Crippen LogP) is 1.82. The lowest BCUT2D eigenvalue weighted by atomic mass is 10.0.